The Labute approximate surface area is 96.2 Å². The summed E-state index contributed by atoms with van der Waals surface area (Å²) in [7, 11) is 1.73. The Kier molecular flexibility index (Phi) is 3.61. The fourth-order valence-corrected chi connectivity index (χ4v) is 2.68. The molecule has 0 aromatic heterocycles. The molecular formula is C12H19NO3. The molecule has 4 heteroatoms. The second-order valence-electron chi connectivity index (χ2n) is 4.38. The van der Waals surface area contributed by atoms with E-state index in [0.29, 0.717) is 13.2 Å². The number of hydrogen-bond acceptors (Lipinski definition) is 3. The van der Waals surface area contributed by atoms with E-state index < -0.39 is 0 Å². The molecule has 1 heterocycles. The third kappa shape index (κ3) is 2.13. The number of morpholine rings is 1. The average Bonchev–Trinajstić information content (AvgIpc) is 2.36. The van der Waals surface area contributed by atoms with Crippen molar-refractivity contribution in [1.29, 1.82) is 0 Å². The first-order valence-electron chi connectivity index (χ1n) is 5.83. The molecule has 2 fully saturated rings. The van der Waals surface area contributed by atoms with E-state index in [9.17, 15) is 4.79 Å². The zero-order valence-electron chi connectivity index (χ0n) is 9.72. The summed E-state index contributed by atoms with van der Waals surface area (Å²) >= 11 is 0. The smallest absolute Gasteiger partial charge is 0.246 e. The van der Waals surface area contributed by atoms with Crippen molar-refractivity contribution in [3.8, 4) is 0 Å². The highest BCUT2D eigenvalue weighted by Gasteiger charge is 2.39. The molecule has 0 aromatic carbocycles. The van der Waals surface area contributed by atoms with Crippen molar-refractivity contribution >= 4 is 5.91 Å². The van der Waals surface area contributed by atoms with Crippen molar-refractivity contribution in [2.45, 2.75) is 37.5 Å². The second kappa shape index (κ2) is 4.97. The molecule has 1 saturated heterocycles. The van der Waals surface area contributed by atoms with Crippen LogP contribution in [0.3, 0.4) is 0 Å². The Balaban J connectivity index is 2.08. The van der Waals surface area contributed by atoms with Gasteiger partial charge in [0.15, 0.2) is 0 Å². The third-order valence-corrected chi connectivity index (χ3v) is 3.56. The largest absolute Gasteiger partial charge is 0.381 e. The molecule has 1 aliphatic heterocycles. The highest BCUT2D eigenvalue weighted by atomic mass is 16.5. The molecule has 3 unspecified atom stereocenters. The monoisotopic (exact) mass is 225 g/mol. The van der Waals surface area contributed by atoms with E-state index in [-0.39, 0.29) is 24.2 Å². The van der Waals surface area contributed by atoms with Crippen LogP contribution in [0.1, 0.15) is 19.3 Å². The summed E-state index contributed by atoms with van der Waals surface area (Å²) in [4.78, 5) is 13.6. The standard InChI is InChI=1S/C12H19NO3/c1-3-12(14)13-6-7-16-11-5-4-9(15-2)8-10(11)13/h3,9-11H,1,4-8H2,2H3. The molecule has 3 atom stereocenters. The molecule has 0 radical (unpaired) electrons. The summed E-state index contributed by atoms with van der Waals surface area (Å²) in [6.45, 7) is 4.86. The van der Waals surface area contributed by atoms with E-state index in [1.54, 1.807) is 7.11 Å². The van der Waals surface area contributed by atoms with Crippen LogP contribution in [0.5, 0.6) is 0 Å². The van der Waals surface area contributed by atoms with Crippen molar-refractivity contribution in [3.05, 3.63) is 12.7 Å². The Morgan fingerprint density at radius 2 is 2.38 bits per heavy atom. The maximum atomic E-state index is 11.7. The predicted octanol–water partition coefficient (Wildman–Crippen LogP) is 0.967. The molecule has 0 N–H and O–H groups in total. The van der Waals surface area contributed by atoms with Crippen LogP contribution in [-0.4, -0.2) is 49.3 Å². The SMILES string of the molecule is C=CC(=O)N1CCOC2CCC(OC)CC21. The van der Waals surface area contributed by atoms with E-state index in [1.807, 2.05) is 4.90 Å². The van der Waals surface area contributed by atoms with Gasteiger partial charge >= 0.3 is 0 Å². The van der Waals surface area contributed by atoms with Crippen LogP contribution in [0.15, 0.2) is 12.7 Å². The van der Waals surface area contributed by atoms with Crippen molar-refractivity contribution in [2.75, 3.05) is 20.3 Å². The number of methoxy groups -OCH3 is 1. The summed E-state index contributed by atoms with van der Waals surface area (Å²) in [6.07, 6.45) is 4.70. The summed E-state index contributed by atoms with van der Waals surface area (Å²) in [5.41, 5.74) is 0. The van der Waals surface area contributed by atoms with Gasteiger partial charge < -0.3 is 14.4 Å². The molecule has 0 aromatic rings. The Hall–Kier alpha value is -0.870. The number of rotatable bonds is 2. The number of carbonyl (C=O) groups is 1. The number of amides is 1. The molecule has 16 heavy (non-hydrogen) atoms. The molecule has 1 saturated carbocycles. The fourth-order valence-electron chi connectivity index (χ4n) is 2.68. The van der Waals surface area contributed by atoms with Crippen molar-refractivity contribution < 1.29 is 14.3 Å². The molecular weight excluding hydrogens is 206 g/mol. The Bertz CT molecular complexity index is 279. The molecule has 4 nitrogen and oxygen atoms in total. The number of ether oxygens (including phenoxy) is 2. The minimum Gasteiger partial charge on any atom is -0.381 e. The molecule has 2 aliphatic rings. The Morgan fingerprint density at radius 1 is 1.56 bits per heavy atom. The molecule has 1 aliphatic carbocycles. The zero-order chi connectivity index (χ0) is 11.5. The van der Waals surface area contributed by atoms with E-state index in [4.69, 9.17) is 9.47 Å². The van der Waals surface area contributed by atoms with Crippen LogP contribution in [0.25, 0.3) is 0 Å². The van der Waals surface area contributed by atoms with Gasteiger partial charge in [-0.3, -0.25) is 4.79 Å². The van der Waals surface area contributed by atoms with E-state index in [2.05, 4.69) is 6.58 Å². The number of nitrogens with zero attached hydrogens (tertiary/aromatic N) is 1. The first kappa shape index (κ1) is 11.6. The number of fused-ring (bicyclic) bond motifs is 1. The predicted molar refractivity (Wildman–Crippen MR) is 60.1 cm³/mol. The van der Waals surface area contributed by atoms with Crippen LogP contribution < -0.4 is 0 Å². The second-order valence-corrected chi connectivity index (χ2v) is 4.38. The zero-order valence-corrected chi connectivity index (χ0v) is 9.72. The van der Waals surface area contributed by atoms with Crippen LogP contribution in [0, 0.1) is 0 Å². The highest BCUT2D eigenvalue weighted by molar-refractivity contribution is 5.87. The summed E-state index contributed by atoms with van der Waals surface area (Å²) in [5, 5.41) is 0. The van der Waals surface area contributed by atoms with Gasteiger partial charge in [-0.25, -0.2) is 0 Å². The first-order valence-corrected chi connectivity index (χ1v) is 5.83. The van der Waals surface area contributed by atoms with Gasteiger partial charge in [-0.1, -0.05) is 6.58 Å². The normalized spacial score (nSPS) is 34.3. The molecule has 0 bridgehead atoms. The van der Waals surface area contributed by atoms with Crippen molar-refractivity contribution in [1.82, 2.24) is 4.90 Å². The lowest BCUT2D eigenvalue weighted by Gasteiger charge is -2.45. The van der Waals surface area contributed by atoms with Gasteiger partial charge in [0.1, 0.15) is 0 Å². The van der Waals surface area contributed by atoms with Crippen molar-refractivity contribution in [3.63, 3.8) is 0 Å². The summed E-state index contributed by atoms with van der Waals surface area (Å²) < 4.78 is 11.1. The Morgan fingerprint density at radius 3 is 3.06 bits per heavy atom. The number of hydrogen-bond donors (Lipinski definition) is 0. The van der Waals surface area contributed by atoms with Gasteiger partial charge in [0.05, 0.1) is 24.9 Å². The molecule has 90 valence electrons. The molecule has 2 rings (SSSR count). The molecule has 1 amide bonds. The van der Waals surface area contributed by atoms with Gasteiger partial charge in [0, 0.05) is 13.7 Å². The lowest BCUT2D eigenvalue weighted by atomic mass is 9.88. The van der Waals surface area contributed by atoms with Gasteiger partial charge in [0.25, 0.3) is 0 Å². The van der Waals surface area contributed by atoms with Crippen LogP contribution in [0.4, 0.5) is 0 Å². The average molecular weight is 225 g/mol. The maximum Gasteiger partial charge on any atom is 0.246 e. The maximum absolute atomic E-state index is 11.7. The van der Waals surface area contributed by atoms with E-state index >= 15 is 0 Å². The minimum atomic E-state index is 0.00931. The summed E-state index contributed by atoms with van der Waals surface area (Å²) in [6, 6.07) is 0.165. The topological polar surface area (TPSA) is 38.8 Å². The lowest BCUT2D eigenvalue weighted by Crippen LogP contribution is -2.56. The van der Waals surface area contributed by atoms with Gasteiger partial charge in [-0.05, 0) is 25.3 Å². The van der Waals surface area contributed by atoms with Crippen LogP contribution in [0.2, 0.25) is 0 Å². The summed E-state index contributed by atoms with van der Waals surface area (Å²) in [5.74, 6) is 0.00931. The quantitative estimate of drug-likeness (QED) is 0.657. The number of carbonyl (C=O) groups excluding carboxylic acids is 1. The van der Waals surface area contributed by atoms with E-state index in [1.165, 1.54) is 6.08 Å². The van der Waals surface area contributed by atoms with Gasteiger partial charge in [0.2, 0.25) is 5.91 Å². The van der Waals surface area contributed by atoms with Crippen LogP contribution in [-0.2, 0) is 14.3 Å². The van der Waals surface area contributed by atoms with Gasteiger partial charge in [-0.2, -0.15) is 0 Å². The lowest BCUT2D eigenvalue weighted by molar-refractivity contribution is -0.150. The highest BCUT2D eigenvalue weighted by Crippen LogP contribution is 2.30. The van der Waals surface area contributed by atoms with Crippen molar-refractivity contribution in [2.24, 2.45) is 0 Å². The first-order chi connectivity index (χ1) is 7.76. The molecule has 0 spiro atoms. The third-order valence-electron chi connectivity index (χ3n) is 3.56. The van der Waals surface area contributed by atoms with Gasteiger partial charge in [-0.15, -0.1) is 0 Å². The minimum absolute atomic E-state index is 0.00931. The van der Waals surface area contributed by atoms with Crippen LogP contribution >= 0.6 is 0 Å². The van der Waals surface area contributed by atoms with E-state index in [0.717, 1.165) is 19.3 Å². The fraction of sp³-hybridized carbons (Fsp3) is 0.750.